The number of halogens is 3. The lowest BCUT2D eigenvalue weighted by Gasteiger charge is -2.18. The van der Waals surface area contributed by atoms with Crippen LogP contribution in [0.15, 0.2) is 12.1 Å². The maximum atomic E-state index is 13.4. The molecular formula is C11H11ClF2N2O3S. The van der Waals surface area contributed by atoms with Crippen LogP contribution in [-0.2, 0) is 14.8 Å². The Balaban J connectivity index is 2.27. The van der Waals surface area contributed by atoms with E-state index in [1.165, 1.54) is 6.07 Å². The van der Waals surface area contributed by atoms with Gasteiger partial charge in [-0.25, -0.2) is 22.3 Å². The number of nitrogens with two attached hydrogens (primary N) is 1. The smallest absolute Gasteiger partial charge is 0.227 e. The van der Waals surface area contributed by atoms with E-state index in [2.05, 4.69) is 0 Å². The molecule has 110 valence electrons. The molecule has 0 aromatic heterocycles. The van der Waals surface area contributed by atoms with E-state index in [0.29, 0.717) is 0 Å². The summed E-state index contributed by atoms with van der Waals surface area (Å²) in [4.78, 5) is 13.0. The van der Waals surface area contributed by atoms with E-state index in [1.54, 1.807) is 0 Å². The van der Waals surface area contributed by atoms with Crippen molar-refractivity contribution in [2.75, 3.05) is 17.2 Å². The van der Waals surface area contributed by atoms with Gasteiger partial charge in [-0.05, 0) is 12.1 Å². The lowest BCUT2D eigenvalue weighted by atomic mass is 10.1. The largest absolute Gasteiger partial charge is 0.310 e. The Morgan fingerprint density at radius 3 is 2.65 bits per heavy atom. The number of benzene rings is 1. The van der Waals surface area contributed by atoms with Gasteiger partial charge in [0.2, 0.25) is 15.9 Å². The fourth-order valence-corrected chi connectivity index (χ4v) is 3.31. The first-order chi connectivity index (χ1) is 9.19. The van der Waals surface area contributed by atoms with Gasteiger partial charge in [0.15, 0.2) is 11.6 Å². The van der Waals surface area contributed by atoms with Crippen LogP contribution in [0.4, 0.5) is 14.5 Å². The van der Waals surface area contributed by atoms with Crippen molar-refractivity contribution in [1.29, 1.82) is 0 Å². The highest BCUT2D eigenvalue weighted by Crippen LogP contribution is 2.34. The predicted octanol–water partition coefficient (Wildman–Crippen LogP) is 1.26. The van der Waals surface area contributed by atoms with Crippen molar-refractivity contribution in [3.63, 3.8) is 0 Å². The van der Waals surface area contributed by atoms with Crippen LogP contribution in [0.3, 0.4) is 0 Å². The van der Waals surface area contributed by atoms with Crippen molar-refractivity contribution in [3.05, 3.63) is 28.8 Å². The summed E-state index contributed by atoms with van der Waals surface area (Å²) in [6.07, 6.45) is -0.0360. The van der Waals surface area contributed by atoms with Crippen molar-refractivity contribution in [1.82, 2.24) is 0 Å². The van der Waals surface area contributed by atoms with Crippen molar-refractivity contribution >= 4 is 33.2 Å². The molecule has 1 heterocycles. The molecule has 2 rings (SSSR count). The second-order valence-corrected chi connectivity index (χ2v) is 6.64. The topological polar surface area (TPSA) is 80.5 Å². The minimum absolute atomic E-state index is 0.0208. The zero-order chi connectivity index (χ0) is 15.1. The summed E-state index contributed by atoms with van der Waals surface area (Å²) in [5.74, 6) is -3.62. The molecule has 1 aliphatic heterocycles. The highest BCUT2D eigenvalue weighted by Gasteiger charge is 2.34. The van der Waals surface area contributed by atoms with E-state index >= 15 is 0 Å². The molecule has 2 N–H and O–H groups in total. The van der Waals surface area contributed by atoms with Gasteiger partial charge in [0.25, 0.3) is 0 Å². The Kier molecular flexibility index (Phi) is 3.99. The van der Waals surface area contributed by atoms with E-state index in [1.807, 2.05) is 0 Å². The zero-order valence-corrected chi connectivity index (χ0v) is 11.7. The summed E-state index contributed by atoms with van der Waals surface area (Å²) >= 11 is 5.67. The van der Waals surface area contributed by atoms with Crippen LogP contribution in [0.2, 0.25) is 5.02 Å². The number of carbonyl (C=O) groups is 1. The molecule has 1 unspecified atom stereocenters. The molecule has 5 nitrogen and oxygen atoms in total. The van der Waals surface area contributed by atoms with Crippen molar-refractivity contribution in [2.45, 2.75) is 6.42 Å². The zero-order valence-electron chi connectivity index (χ0n) is 10.1. The van der Waals surface area contributed by atoms with Crippen LogP contribution in [0.5, 0.6) is 0 Å². The Labute approximate surface area is 119 Å². The number of sulfonamides is 1. The Bertz CT molecular complexity index is 666. The number of hydrogen-bond acceptors (Lipinski definition) is 3. The Hall–Kier alpha value is -1.25. The molecule has 1 aromatic carbocycles. The molecule has 1 fully saturated rings. The van der Waals surface area contributed by atoms with Crippen molar-refractivity contribution in [3.8, 4) is 0 Å². The maximum Gasteiger partial charge on any atom is 0.227 e. The van der Waals surface area contributed by atoms with Gasteiger partial charge in [-0.15, -0.1) is 0 Å². The summed E-state index contributed by atoms with van der Waals surface area (Å²) in [7, 11) is -3.71. The number of nitrogens with zero attached hydrogens (tertiary/aromatic N) is 1. The van der Waals surface area contributed by atoms with Gasteiger partial charge in [0, 0.05) is 18.9 Å². The standard InChI is InChI=1S/C11H11ClF2N2O3S/c12-10-8(2-1-7(13)11(10)14)16-4-6(3-9(16)17)5-20(15,18)19/h1-2,6H,3-5H2,(H2,15,18,19). The van der Waals surface area contributed by atoms with Crippen LogP contribution in [0, 0.1) is 17.6 Å². The first kappa shape index (κ1) is 15.1. The number of hydrogen-bond donors (Lipinski definition) is 1. The van der Waals surface area contributed by atoms with Gasteiger partial charge >= 0.3 is 0 Å². The molecule has 1 amide bonds. The summed E-state index contributed by atoms with van der Waals surface area (Å²) in [6.45, 7) is 0.0417. The summed E-state index contributed by atoms with van der Waals surface area (Å²) < 4.78 is 48.4. The van der Waals surface area contributed by atoms with Gasteiger partial charge < -0.3 is 4.90 Å². The van der Waals surface area contributed by atoms with Crippen molar-refractivity contribution < 1.29 is 22.0 Å². The van der Waals surface area contributed by atoms with Crippen LogP contribution in [0.25, 0.3) is 0 Å². The van der Waals surface area contributed by atoms with E-state index in [-0.39, 0.29) is 24.4 Å². The lowest BCUT2D eigenvalue weighted by Crippen LogP contribution is -2.27. The number of amides is 1. The van der Waals surface area contributed by atoms with Gasteiger partial charge in [-0.3, -0.25) is 4.79 Å². The average molecular weight is 325 g/mol. The van der Waals surface area contributed by atoms with Gasteiger partial charge in [0.05, 0.1) is 11.4 Å². The van der Waals surface area contributed by atoms with Crippen LogP contribution in [0.1, 0.15) is 6.42 Å². The first-order valence-corrected chi connectivity index (χ1v) is 7.72. The second kappa shape index (κ2) is 5.27. The number of rotatable bonds is 3. The van der Waals surface area contributed by atoms with Crippen LogP contribution >= 0.6 is 11.6 Å². The van der Waals surface area contributed by atoms with E-state index < -0.39 is 38.5 Å². The molecule has 1 saturated heterocycles. The Morgan fingerprint density at radius 1 is 1.40 bits per heavy atom. The van der Waals surface area contributed by atoms with E-state index in [9.17, 15) is 22.0 Å². The summed E-state index contributed by atoms with van der Waals surface area (Å²) in [6, 6.07) is 2.04. The molecule has 1 aromatic rings. The second-order valence-electron chi connectivity index (χ2n) is 4.60. The van der Waals surface area contributed by atoms with E-state index in [4.69, 9.17) is 16.7 Å². The molecule has 0 radical (unpaired) electrons. The molecule has 0 saturated carbocycles. The molecule has 0 spiro atoms. The maximum absolute atomic E-state index is 13.4. The van der Waals surface area contributed by atoms with E-state index in [0.717, 1.165) is 11.0 Å². The molecule has 0 bridgehead atoms. The van der Waals surface area contributed by atoms with Crippen LogP contribution in [-0.4, -0.2) is 26.6 Å². The molecule has 0 aliphatic carbocycles. The van der Waals surface area contributed by atoms with Crippen molar-refractivity contribution in [2.24, 2.45) is 11.1 Å². The highest BCUT2D eigenvalue weighted by molar-refractivity contribution is 7.89. The number of anilines is 1. The van der Waals surface area contributed by atoms with Gasteiger partial charge in [-0.2, -0.15) is 0 Å². The molecule has 20 heavy (non-hydrogen) atoms. The summed E-state index contributed by atoms with van der Waals surface area (Å²) in [5, 5.41) is 4.42. The third kappa shape index (κ3) is 3.08. The average Bonchev–Trinajstić information content (AvgIpc) is 2.65. The highest BCUT2D eigenvalue weighted by atomic mass is 35.5. The fraction of sp³-hybridized carbons (Fsp3) is 0.364. The summed E-state index contributed by atoms with van der Waals surface area (Å²) in [5.41, 5.74) is 0.0208. The molecule has 1 aliphatic rings. The quantitative estimate of drug-likeness (QED) is 0.850. The first-order valence-electron chi connectivity index (χ1n) is 5.63. The van der Waals surface area contributed by atoms with Crippen LogP contribution < -0.4 is 10.0 Å². The fourth-order valence-electron chi connectivity index (χ4n) is 2.18. The van der Waals surface area contributed by atoms with Gasteiger partial charge in [0.1, 0.15) is 5.02 Å². The Morgan fingerprint density at radius 2 is 2.05 bits per heavy atom. The lowest BCUT2D eigenvalue weighted by molar-refractivity contribution is -0.117. The predicted molar refractivity (Wildman–Crippen MR) is 69.8 cm³/mol. The molecule has 1 atom stereocenters. The SMILES string of the molecule is NS(=O)(=O)CC1CC(=O)N(c2ccc(F)c(F)c2Cl)C1. The van der Waals surface area contributed by atoms with Gasteiger partial charge in [-0.1, -0.05) is 11.6 Å². The molecular weight excluding hydrogens is 314 g/mol. The molecule has 9 heteroatoms. The number of carbonyl (C=O) groups excluding carboxylic acids is 1. The monoisotopic (exact) mass is 324 g/mol. The third-order valence-corrected chi connectivity index (χ3v) is 4.27. The minimum atomic E-state index is -3.71. The minimum Gasteiger partial charge on any atom is -0.310 e. The number of primary sulfonamides is 1. The third-order valence-electron chi connectivity index (χ3n) is 2.98. The normalized spacial score (nSPS) is 19.7.